The van der Waals surface area contributed by atoms with Gasteiger partial charge in [-0.3, -0.25) is 19.5 Å². The molecule has 1 N–H and O–H groups in total. The van der Waals surface area contributed by atoms with Gasteiger partial charge in [0.2, 0.25) is 0 Å². The van der Waals surface area contributed by atoms with Crippen molar-refractivity contribution < 1.29 is 24.3 Å². The molecular formula is C25H24N6O5. The molecule has 4 aliphatic rings. The Bertz CT molecular complexity index is 1280. The Morgan fingerprint density at radius 1 is 0.972 bits per heavy atom. The zero-order chi connectivity index (χ0) is 24.7. The summed E-state index contributed by atoms with van der Waals surface area (Å²) < 4.78 is 4.97. The lowest BCUT2D eigenvalue weighted by molar-refractivity contribution is -0.201. The molecule has 2 saturated heterocycles. The molecule has 1 aromatic carbocycles. The van der Waals surface area contributed by atoms with Crippen molar-refractivity contribution in [3.63, 3.8) is 0 Å². The molecular weight excluding hydrogens is 464 g/mol. The number of aliphatic hydroxyl groups is 1. The summed E-state index contributed by atoms with van der Waals surface area (Å²) >= 11 is 0. The molecule has 5 heterocycles. The van der Waals surface area contributed by atoms with Crippen LogP contribution in [0.25, 0.3) is 11.3 Å². The van der Waals surface area contributed by atoms with E-state index in [4.69, 9.17) is 14.6 Å². The maximum atomic E-state index is 13.0. The molecule has 36 heavy (non-hydrogen) atoms. The number of ether oxygens (including phenoxy) is 1. The molecule has 11 nitrogen and oxygen atoms in total. The molecule has 2 amide bonds. The van der Waals surface area contributed by atoms with Crippen molar-refractivity contribution in [2.75, 3.05) is 44.3 Å². The minimum atomic E-state index is -1.41. The van der Waals surface area contributed by atoms with Crippen LogP contribution >= 0.6 is 0 Å². The second-order valence-corrected chi connectivity index (χ2v) is 8.90. The van der Waals surface area contributed by atoms with Gasteiger partial charge in [-0.2, -0.15) is 5.06 Å². The minimum Gasteiger partial charge on any atom is -0.382 e. The van der Waals surface area contributed by atoms with Crippen molar-refractivity contribution in [1.29, 1.82) is 0 Å². The average Bonchev–Trinajstić information content (AvgIpc) is 3.35. The number of nitrogens with zero attached hydrogens (tertiary/aromatic N) is 6. The Labute approximate surface area is 207 Å². The van der Waals surface area contributed by atoms with E-state index in [9.17, 15) is 14.7 Å². The highest BCUT2D eigenvalue weighted by molar-refractivity contribution is 5.95. The topological polar surface area (TPSA) is 112 Å². The molecule has 0 spiro atoms. The van der Waals surface area contributed by atoms with E-state index in [1.54, 1.807) is 51.9 Å². The van der Waals surface area contributed by atoms with E-state index in [-0.39, 0.29) is 25.0 Å². The third-order valence-electron chi connectivity index (χ3n) is 6.55. The Hall–Kier alpha value is -4.22. The maximum absolute atomic E-state index is 13.0. The van der Waals surface area contributed by atoms with Crippen LogP contribution in [0.15, 0.2) is 73.3 Å². The van der Waals surface area contributed by atoms with Crippen LogP contribution in [0.5, 0.6) is 0 Å². The van der Waals surface area contributed by atoms with Gasteiger partial charge in [0, 0.05) is 43.5 Å². The number of carbonyl (C=O) groups is 2. The molecule has 0 aliphatic carbocycles. The highest BCUT2D eigenvalue weighted by atomic mass is 16.7. The van der Waals surface area contributed by atoms with Gasteiger partial charge < -0.3 is 24.5 Å². The lowest BCUT2D eigenvalue weighted by atomic mass is 10.00. The Morgan fingerprint density at radius 3 is 2.44 bits per heavy atom. The number of benzene rings is 1. The Balaban J connectivity index is 1.11. The molecule has 0 bridgehead atoms. The summed E-state index contributed by atoms with van der Waals surface area (Å²) in [7, 11) is 0. The van der Waals surface area contributed by atoms with E-state index in [2.05, 4.69) is 4.98 Å². The molecule has 1 aromatic heterocycles. The fourth-order valence-corrected chi connectivity index (χ4v) is 4.45. The zero-order valence-electron chi connectivity index (χ0n) is 19.4. The van der Waals surface area contributed by atoms with Gasteiger partial charge in [-0.25, -0.2) is 4.98 Å². The number of hydrogen-bond donors (Lipinski definition) is 1. The standard InChI is InChI=1S/C25H24N6O5/c32-23(28-7-9-29(10-8-28)24(33)25(34)16-35-17-25)19-5-3-18(4-6-19)20-14-26-15-21(27-20)30-11-12-31-22(30)2-1-13-36-31/h1-6,11-15,34H,7-10,16-17H2. The Morgan fingerprint density at radius 2 is 1.72 bits per heavy atom. The normalized spacial score (nSPS) is 20.0. The molecule has 0 radical (unpaired) electrons. The summed E-state index contributed by atoms with van der Waals surface area (Å²) in [5.41, 5.74) is 0.658. The van der Waals surface area contributed by atoms with Gasteiger partial charge in [-0.15, -0.1) is 0 Å². The fraction of sp³-hybridized carbons (Fsp3) is 0.280. The molecule has 184 valence electrons. The van der Waals surface area contributed by atoms with Crippen molar-refractivity contribution >= 4 is 17.6 Å². The van der Waals surface area contributed by atoms with Crippen LogP contribution in [0.2, 0.25) is 0 Å². The first-order valence-corrected chi connectivity index (χ1v) is 11.6. The molecule has 2 aromatic rings. The van der Waals surface area contributed by atoms with Gasteiger partial charge in [0.25, 0.3) is 11.8 Å². The van der Waals surface area contributed by atoms with Crippen molar-refractivity contribution in [1.82, 2.24) is 24.8 Å². The smallest absolute Gasteiger partial charge is 0.259 e. The molecule has 6 rings (SSSR count). The van der Waals surface area contributed by atoms with Crippen molar-refractivity contribution in [3.05, 3.63) is 78.9 Å². The first kappa shape index (κ1) is 22.3. The first-order valence-electron chi connectivity index (χ1n) is 11.6. The van der Waals surface area contributed by atoms with Gasteiger partial charge in [-0.1, -0.05) is 12.1 Å². The second kappa shape index (κ2) is 8.77. The average molecular weight is 489 g/mol. The third kappa shape index (κ3) is 3.88. The minimum absolute atomic E-state index is 0.0292. The quantitative estimate of drug-likeness (QED) is 0.676. The van der Waals surface area contributed by atoms with Gasteiger partial charge in [0.15, 0.2) is 17.2 Å². The van der Waals surface area contributed by atoms with Gasteiger partial charge in [0.05, 0.1) is 37.5 Å². The van der Waals surface area contributed by atoms with Crippen LogP contribution in [0.3, 0.4) is 0 Å². The molecule has 0 saturated carbocycles. The van der Waals surface area contributed by atoms with Gasteiger partial charge >= 0.3 is 0 Å². The van der Waals surface area contributed by atoms with Crippen molar-refractivity contribution in [3.8, 4) is 11.3 Å². The molecule has 2 fully saturated rings. The lowest BCUT2D eigenvalue weighted by Crippen LogP contribution is -2.64. The van der Waals surface area contributed by atoms with E-state index < -0.39 is 5.60 Å². The van der Waals surface area contributed by atoms with E-state index in [1.165, 1.54) is 0 Å². The molecule has 11 heteroatoms. The summed E-state index contributed by atoms with van der Waals surface area (Å²) in [5.74, 6) is 1.03. The number of amides is 2. The van der Waals surface area contributed by atoms with Crippen molar-refractivity contribution in [2.45, 2.75) is 5.60 Å². The van der Waals surface area contributed by atoms with Crippen molar-refractivity contribution in [2.24, 2.45) is 0 Å². The van der Waals surface area contributed by atoms with E-state index in [0.717, 1.165) is 11.4 Å². The summed E-state index contributed by atoms with van der Waals surface area (Å²) in [6.07, 6.45) is 12.3. The first-order chi connectivity index (χ1) is 17.5. The van der Waals surface area contributed by atoms with Crippen LogP contribution in [0.4, 0.5) is 5.82 Å². The lowest BCUT2D eigenvalue weighted by Gasteiger charge is -2.42. The van der Waals surface area contributed by atoms with Gasteiger partial charge in [0.1, 0.15) is 6.26 Å². The van der Waals surface area contributed by atoms with Crippen LogP contribution < -0.4 is 4.90 Å². The number of hydroxylamine groups is 2. The second-order valence-electron chi connectivity index (χ2n) is 8.90. The number of anilines is 1. The predicted molar refractivity (Wildman–Crippen MR) is 127 cm³/mol. The van der Waals surface area contributed by atoms with Crippen LogP contribution in [-0.4, -0.2) is 86.7 Å². The summed E-state index contributed by atoms with van der Waals surface area (Å²) in [4.78, 5) is 45.2. The highest BCUT2D eigenvalue weighted by Crippen LogP contribution is 2.29. The van der Waals surface area contributed by atoms with E-state index in [1.807, 2.05) is 35.4 Å². The summed E-state index contributed by atoms with van der Waals surface area (Å²) in [6.45, 7) is 1.64. The number of fused-ring (bicyclic) bond motifs is 1. The molecule has 0 atom stereocenters. The number of rotatable bonds is 4. The van der Waals surface area contributed by atoms with Gasteiger partial charge in [-0.05, 0) is 24.3 Å². The number of aromatic nitrogens is 2. The summed E-state index contributed by atoms with van der Waals surface area (Å²) in [5, 5.41) is 11.8. The van der Waals surface area contributed by atoms with E-state index >= 15 is 0 Å². The third-order valence-corrected chi connectivity index (χ3v) is 6.55. The SMILES string of the molecule is O=C(c1ccc(-c2cncc(N3C=CN4OC=CC=C43)n2)cc1)N1CCN(C(=O)C2(O)COC2)CC1. The number of allylic oxidation sites excluding steroid dienone is 2. The maximum Gasteiger partial charge on any atom is 0.259 e. The fourth-order valence-electron chi connectivity index (χ4n) is 4.45. The number of carbonyl (C=O) groups excluding carboxylic acids is 2. The predicted octanol–water partition coefficient (Wildman–Crippen LogP) is 1.08. The number of hydrogen-bond acceptors (Lipinski definition) is 9. The Kier molecular flexibility index (Phi) is 5.42. The molecule has 0 unspecified atom stereocenters. The van der Waals surface area contributed by atoms with Crippen LogP contribution in [0.1, 0.15) is 10.4 Å². The van der Waals surface area contributed by atoms with E-state index in [0.29, 0.717) is 43.3 Å². The monoisotopic (exact) mass is 488 g/mol. The molecule has 4 aliphatic heterocycles. The van der Waals surface area contributed by atoms with Crippen LogP contribution in [-0.2, 0) is 14.4 Å². The largest absolute Gasteiger partial charge is 0.382 e. The zero-order valence-corrected chi connectivity index (χ0v) is 19.4. The number of piperazine rings is 1. The van der Waals surface area contributed by atoms with Crippen LogP contribution in [0, 0.1) is 0 Å². The highest BCUT2D eigenvalue weighted by Gasteiger charge is 2.46. The summed E-state index contributed by atoms with van der Waals surface area (Å²) in [6, 6.07) is 7.26.